The van der Waals surface area contributed by atoms with Crippen LogP contribution < -0.4 is 0 Å². The quantitative estimate of drug-likeness (QED) is 0.634. The van der Waals surface area contributed by atoms with Crippen molar-refractivity contribution in [2.24, 2.45) is 0 Å². The van der Waals surface area contributed by atoms with E-state index in [0.717, 1.165) is 0 Å². The molecule has 0 fully saturated rings. The normalized spacial score (nSPS) is 5.00. The van der Waals surface area contributed by atoms with Crippen molar-refractivity contribution in [1.82, 2.24) is 0 Å². The fourth-order valence-corrected chi connectivity index (χ4v) is 0. The van der Waals surface area contributed by atoms with Gasteiger partial charge in [0.25, 0.3) is 0 Å². The van der Waals surface area contributed by atoms with Gasteiger partial charge in [0.15, 0.2) is 0 Å². The molecule has 0 aromatic carbocycles. The van der Waals surface area contributed by atoms with Crippen LogP contribution in [0.25, 0.3) is 0 Å². The summed E-state index contributed by atoms with van der Waals surface area (Å²) in [5.41, 5.74) is 0. The van der Waals surface area contributed by atoms with Crippen LogP contribution in [0.4, 0.5) is 0 Å². The molecule has 0 saturated carbocycles. The van der Waals surface area contributed by atoms with Crippen molar-refractivity contribution in [1.29, 1.82) is 0 Å². The standard InChI is InChI=1S/C2H6O2.Au.ClH/c3-1-2-4;;/h3-4H,1-2H2;;1H. The summed E-state index contributed by atoms with van der Waals surface area (Å²) >= 11 is 0. The summed E-state index contributed by atoms with van der Waals surface area (Å²) in [6, 6.07) is 0. The van der Waals surface area contributed by atoms with Crippen molar-refractivity contribution in [2.75, 3.05) is 13.2 Å². The summed E-state index contributed by atoms with van der Waals surface area (Å²) in [7, 11) is 0. The molecule has 45 valence electrons. The minimum Gasteiger partial charge on any atom is -0.394 e. The van der Waals surface area contributed by atoms with Crippen LogP contribution in [0.15, 0.2) is 0 Å². The summed E-state index contributed by atoms with van der Waals surface area (Å²) in [4.78, 5) is 0. The first-order valence-electron chi connectivity index (χ1n) is 1.13. The van der Waals surface area contributed by atoms with Gasteiger partial charge in [-0.3, -0.25) is 0 Å². The van der Waals surface area contributed by atoms with Crippen molar-refractivity contribution in [3.8, 4) is 0 Å². The first kappa shape index (κ1) is 15.8. The van der Waals surface area contributed by atoms with E-state index < -0.39 is 0 Å². The molecule has 0 amide bonds. The van der Waals surface area contributed by atoms with Crippen LogP contribution >= 0.6 is 12.4 Å². The minimum absolute atomic E-state index is 0. The zero-order valence-electron chi connectivity index (χ0n) is 3.02. The first-order valence-corrected chi connectivity index (χ1v) is 1.13. The van der Waals surface area contributed by atoms with Gasteiger partial charge < -0.3 is 10.2 Å². The molecule has 0 aliphatic heterocycles. The van der Waals surface area contributed by atoms with Gasteiger partial charge in [0, 0.05) is 22.4 Å². The SMILES string of the molecule is Cl.OCCO.[Au]. The number of hydrogen-bond acceptors (Lipinski definition) is 2. The number of hydrogen-bond donors (Lipinski definition) is 2. The van der Waals surface area contributed by atoms with Gasteiger partial charge in [-0.05, 0) is 0 Å². The van der Waals surface area contributed by atoms with Crippen molar-refractivity contribution in [3.05, 3.63) is 0 Å². The third-order valence-electron chi connectivity index (χ3n) is 0.1000. The van der Waals surface area contributed by atoms with Crippen LogP contribution in [0.2, 0.25) is 0 Å². The van der Waals surface area contributed by atoms with Crippen LogP contribution in [0.3, 0.4) is 0 Å². The fraction of sp³-hybridized carbons (Fsp3) is 1.00. The van der Waals surface area contributed by atoms with Gasteiger partial charge in [0.05, 0.1) is 13.2 Å². The Morgan fingerprint density at radius 1 is 1.00 bits per heavy atom. The largest absolute Gasteiger partial charge is 0.394 e. The maximum absolute atomic E-state index is 7.62. The second kappa shape index (κ2) is 16.8. The molecule has 0 rings (SSSR count). The molecule has 2 nitrogen and oxygen atoms in total. The van der Waals surface area contributed by atoms with E-state index in [0.29, 0.717) is 0 Å². The van der Waals surface area contributed by atoms with Crippen molar-refractivity contribution < 1.29 is 32.6 Å². The van der Waals surface area contributed by atoms with E-state index in [1.165, 1.54) is 0 Å². The van der Waals surface area contributed by atoms with Gasteiger partial charge in [-0.25, -0.2) is 0 Å². The monoisotopic (exact) mass is 295 g/mol. The third kappa shape index (κ3) is 20.3. The van der Waals surface area contributed by atoms with Gasteiger partial charge in [0.2, 0.25) is 0 Å². The Hall–Kier alpha value is 0.950. The van der Waals surface area contributed by atoms with Crippen LogP contribution in [-0.2, 0) is 22.4 Å². The fourth-order valence-electron chi connectivity index (χ4n) is 0. The summed E-state index contributed by atoms with van der Waals surface area (Å²) in [6.45, 7) is -0.250. The average molecular weight is 295 g/mol. The van der Waals surface area contributed by atoms with E-state index in [2.05, 4.69) is 0 Å². The second-order valence-electron chi connectivity index (χ2n) is 0.447. The average Bonchev–Trinajstić information content (AvgIpc) is 1.37. The predicted octanol–water partition coefficient (Wildman–Crippen LogP) is -0.610. The Bertz CT molecular complexity index is 13.5. The van der Waals surface area contributed by atoms with E-state index in [1.54, 1.807) is 0 Å². The molecule has 0 bridgehead atoms. The van der Waals surface area contributed by atoms with E-state index >= 15 is 0 Å². The molecule has 1 radical (unpaired) electrons. The maximum atomic E-state index is 7.62. The smallest absolute Gasteiger partial charge is 0.0662 e. The summed E-state index contributed by atoms with van der Waals surface area (Å²) in [5.74, 6) is 0. The Balaban J connectivity index is -0.0000000450. The van der Waals surface area contributed by atoms with Crippen LogP contribution in [0, 0.1) is 0 Å². The number of aliphatic hydroxyl groups is 2. The molecule has 0 saturated heterocycles. The molecule has 0 spiro atoms. The van der Waals surface area contributed by atoms with E-state index in [1.807, 2.05) is 0 Å². The Kier molecular flexibility index (Phi) is 44.0. The topological polar surface area (TPSA) is 40.5 Å². The van der Waals surface area contributed by atoms with Gasteiger partial charge in [-0.15, -0.1) is 12.4 Å². The molecule has 0 aromatic rings. The van der Waals surface area contributed by atoms with Crippen molar-refractivity contribution in [3.63, 3.8) is 0 Å². The second-order valence-corrected chi connectivity index (χ2v) is 0.447. The Labute approximate surface area is 58.5 Å². The Morgan fingerprint density at radius 2 is 1.17 bits per heavy atom. The molecule has 0 atom stereocenters. The van der Waals surface area contributed by atoms with Crippen LogP contribution in [0.5, 0.6) is 0 Å². The zero-order chi connectivity index (χ0) is 3.41. The molecule has 4 heteroatoms. The van der Waals surface area contributed by atoms with E-state index in [9.17, 15) is 0 Å². The van der Waals surface area contributed by atoms with Gasteiger partial charge in [0.1, 0.15) is 0 Å². The maximum Gasteiger partial charge on any atom is 0.0662 e. The zero-order valence-corrected chi connectivity index (χ0v) is 6.00. The molecule has 0 aromatic heterocycles. The minimum atomic E-state index is -0.125. The first-order chi connectivity index (χ1) is 1.91. The molecule has 0 unspecified atom stereocenters. The van der Waals surface area contributed by atoms with Gasteiger partial charge >= 0.3 is 0 Å². The number of halogens is 1. The summed E-state index contributed by atoms with van der Waals surface area (Å²) in [6.07, 6.45) is 0. The molecule has 6 heavy (non-hydrogen) atoms. The predicted molar refractivity (Wildman–Crippen MR) is 21.4 cm³/mol. The van der Waals surface area contributed by atoms with Crippen LogP contribution in [0.1, 0.15) is 0 Å². The Morgan fingerprint density at radius 3 is 1.17 bits per heavy atom. The molecule has 0 aliphatic rings. The number of rotatable bonds is 1. The van der Waals surface area contributed by atoms with Gasteiger partial charge in [-0.1, -0.05) is 0 Å². The molecule has 0 heterocycles. The summed E-state index contributed by atoms with van der Waals surface area (Å²) in [5, 5.41) is 15.2. The van der Waals surface area contributed by atoms with Gasteiger partial charge in [-0.2, -0.15) is 0 Å². The molecule has 2 N–H and O–H groups in total. The van der Waals surface area contributed by atoms with Crippen molar-refractivity contribution >= 4 is 12.4 Å². The van der Waals surface area contributed by atoms with E-state index in [4.69, 9.17) is 10.2 Å². The third-order valence-corrected chi connectivity index (χ3v) is 0.1000. The summed E-state index contributed by atoms with van der Waals surface area (Å²) < 4.78 is 0. The molecular weight excluding hydrogens is 288 g/mol. The molecular formula is C2H7AuClO2. The number of aliphatic hydroxyl groups excluding tert-OH is 2. The van der Waals surface area contributed by atoms with Crippen molar-refractivity contribution in [2.45, 2.75) is 0 Å². The molecule has 0 aliphatic carbocycles. The van der Waals surface area contributed by atoms with E-state index in [-0.39, 0.29) is 48.0 Å². The van der Waals surface area contributed by atoms with Crippen LogP contribution in [-0.4, -0.2) is 23.4 Å².